The van der Waals surface area contributed by atoms with Gasteiger partial charge in [0, 0.05) is 51.8 Å². The second-order valence-electron chi connectivity index (χ2n) is 10.4. The fraction of sp³-hybridized carbons (Fsp3) is 0.387. The Morgan fingerprint density at radius 2 is 1.32 bits per heavy atom. The number of benzene rings is 3. The van der Waals surface area contributed by atoms with Crippen molar-refractivity contribution in [2.75, 3.05) is 53.0 Å². The molecular weight excluding hydrogens is 592 g/mol. The lowest BCUT2D eigenvalue weighted by molar-refractivity contribution is -0.275. The van der Waals surface area contributed by atoms with Gasteiger partial charge in [-0.3, -0.25) is 4.90 Å². The molecule has 7 nitrogen and oxygen atoms in total. The Kier molecular flexibility index (Phi) is 10.6. The standard InChI is InChI=1S/C31H33F6N3O4/c1-42-18-17-39-13-15-40(16-14-39)28(41)38-22-29(21-23-7-3-2-4-8-23,24-9-5-11-26(19-24)43-30(32,33)34)25-10-6-12-27(20-25)44-31(35,36)37/h2-12,19-20H,13-18,21-22H2,1H3,(H,38,41). The average Bonchev–Trinajstić information content (AvgIpc) is 2.97. The molecule has 44 heavy (non-hydrogen) atoms. The molecule has 1 N–H and O–H groups in total. The van der Waals surface area contributed by atoms with Gasteiger partial charge in [0.2, 0.25) is 0 Å². The fourth-order valence-electron chi connectivity index (χ4n) is 5.30. The lowest BCUT2D eigenvalue weighted by Crippen LogP contribution is -2.54. The molecule has 3 aromatic rings. The van der Waals surface area contributed by atoms with Gasteiger partial charge in [-0.1, -0.05) is 54.6 Å². The minimum absolute atomic E-state index is 0.115. The number of urea groups is 1. The van der Waals surface area contributed by atoms with Gasteiger partial charge in [0.15, 0.2) is 0 Å². The molecule has 0 saturated carbocycles. The number of alkyl halides is 6. The molecule has 0 bridgehead atoms. The zero-order valence-corrected chi connectivity index (χ0v) is 24.0. The minimum atomic E-state index is -4.97. The monoisotopic (exact) mass is 625 g/mol. The Balaban J connectivity index is 1.74. The van der Waals surface area contributed by atoms with E-state index in [1.807, 2.05) is 0 Å². The number of methoxy groups -OCH3 is 1. The SMILES string of the molecule is COCCN1CCN(C(=O)NCC(Cc2ccccc2)(c2cccc(OC(F)(F)F)c2)c2cccc(OC(F)(F)F)c2)CC1. The summed E-state index contributed by atoms with van der Waals surface area (Å²) in [6.07, 6.45) is -9.83. The minimum Gasteiger partial charge on any atom is -0.406 e. The predicted octanol–water partition coefficient (Wildman–Crippen LogP) is 5.99. The number of amides is 2. The van der Waals surface area contributed by atoms with Gasteiger partial charge in [0.1, 0.15) is 11.5 Å². The quantitative estimate of drug-likeness (QED) is 0.266. The van der Waals surface area contributed by atoms with Gasteiger partial charge in [-0.15, -0.1) is 26.3 Å². The summed E-state index contributed by atoms with van der Waals surface area (Å²) in [4.78, 5) is 17.2. The highest BCUT2D eigenvalue weighted by Crippen LogP contribution is 2.40. The number of rotatable bonds is 11. The van der Waals surface area contributed by atoms with E-state index < -0.39 is 35.7 Å². The first-order valence-electron chi connectivity index (χ1n) is 13.9. The lowest BCUT2D eigenvalue weighted by Gasteiger charge is -2.38. The second kappa shape index (κ2) is 14.2. The van der Waals surface area contributed by atoms with Crippen LogP contribution in [-0.2, 0) is 16.6 Å². The molecule has 1 heterocycles. The topological polar surface area (TPSA) is 63.3 Å². The van der Waals surface area contributed by atoms with Crippen molar-refractivity contribution in [3.8, 4) is 11.5 Å². The normalized spacial score (nSPS) is 14.8. The van der Waals surface area contributed by atoms with Gasteiger partial charge in [-0.05, 0) is 47.4 Å². The Morgan fingerprint density at radius 3 is 1.82 bits per heavy atom. The molecule has 2 amide bonds. The van der Waals surface area contributed by atoms with Crippen LogP contribution in [0.4, 0.5) is 31.1 Å². The Hall–Kier alpha value is -3.97. The Morgan fingerprint density at radius 1 is 0.773 bits per heavy atom. The number of hydrogen-bond donors (Lipinski definition) is 1. The lowest BCUT2D eigenvalue weighted by atomic mass is 9.70. The summed E-state index contributed by atoms with van der Waals surface area (Å²) in [7, 11) is 1.61. The summed E-state index contributed by atoms with van der Waals surface area (Å²) >= 11 is 0. The molecule has 238 valence electrons. The maximum Gasteiger partial charge on any atom is 0.573 e. The average molecular weight is 626 g/mol. The maximum absolute atomic E-state index is 13.4. The van der Waals surface area contributed by atoms with Crippen molar-refractivity contribution < 1.29 is 45.3 Å². The largest absolute Gasteiger partial charge is 0.573 e. The second-order valence-corrected chi connectivity index (χ2v) is 10.4. The molecule has 13 heteroatoms. The molecule has 0 unspecified atom stereocenters. The van der Waals surface area contributed by atoms with Gasteiger partial charge < -0.3 is 24.4 Å². The molecule has 0 atom stereocenters. The maximum atomic E-state index is 13.4. The molecule has 0 spiro atoms. The van der Waals surface area contributed by atoms with E-state index in [1.165, 1.54) is 24.3 Å². The smallest absolute Gasteiger partial charge is 0.406 e. The number of carbonyl (C=O) groups is 1. The van der Waals surface area contributed by atoms with E-state index in [0.717, 1.165) is 24.2 Å². The summed E-state index contributed by atoms with van der Waals surface area (Å²) < 4.78 is 92.6. The van der Waals surface area contributed by atoms with Crippen molar-refractivity contribution in [3.63, 3.8) is 0 Å². The number of nitrogens with zero attached hydrogens (tertiary/aromatic N) is 2. The van der Waals surface area contributed by atoms with Crippen LogP contribution in [0.1, 0.15) is 16.7 Å². The molecule has 1 fully saturated rings. The van der Waals surface area contributed by atoms with Crippen LogP contribution >= 0.6 is 0 Å². The Bertz CT molecular complexity index is 1300. The van der Waals surface area contributed by atoms with E-state index in [4.69, 9.17) is 4.74 Å². The van der Waals surface area contributed by atoms with Gasteiger partial charge in [-0.2, -0.15) is 0 Å². The molecular formula is C31H33F6N3O4. The highest BCUT2D eigenvalue weighted by Gasteiger charge is 2.39. The van der Waals surface area contributed by atoms with Crippen molar-refractivity contribution in [2.45, 2.75) is 24.6 Å². The number of nitrogens with one attached hydrogen (secondary N) is 1. The number of hydrogen-bond acceptors (Lipinski definition) is 5. The van der Waals surface area contributed by atoms with Gasteiger partial charge >= 0.3 is 18.8 Å². The summed E-state index contributed by atoms with van der Waals surface area (Å²) in [5, 5.41) is 2.92. The molecule has 1 aliphatic heterocycles. The zero-order valence-electron chi connectivity index (χ0n) is 24.0. The van der Waals surface area contributed by atoms with Crippen LogP contribution in [0.25, 0.3) is 0 Å². The highest BCUT2D eigenvalue weighted by atomic mass is 19.4. The van der Waals surface area contributed by atoms with Crippen molar-refractivity contribution in [1.82, 2.24) is 15.1 Å². The molecule has 4 rings (SSSR count). The van der Waals surface area contributed by atoms with Gasteiger partial charge in [0.05, 0.1) is 6.61 Å². The van der Waals surface area contributed by atoms with Crippen molar-refractivity contribution in [3.05, 3.63) is 95.6 Å². The molecule has 0 aromatic heterocycles. The number of carbonyl (C=O) groups excluding carboxylic acids is 1. The zero-order chi connectivity index (χ0) is 31.8. The summed E-state index contributed by atoms with van der Waals surface area (Å²) in [5.41, 5.74) is -0.0283. The van der Waals surface area contributed by atoms with Crippen LogP contribution in [0.3, 0.4) is 0 Å². The third kappa shape index (κ3) is 9.26. The van der Waals surface area contributed by atoms with Crippen LogP contribution < -0.4 is 14.8 Å². The van der Waals surface area contributed by atoms with E-state index in [9.17, 15) is 31.1 Å². The van der Waals surface area contributed by atoms with Crippen LogP contribution in [-0.4, -0.2) is 81.5 Å². The van der Waals surface area contributed by atoms with E-state index in [0.29, 0.717) is 32.8 Å². The molecule has 0 radical (unpaired) electrons. The molecule has 1 saturated heterocycles. The van der Waals surface area contributed by atoms with Crippen LogP contribution in [0.5, 0.6) is 11.5 Å². The number of halogens is 6. The first kappa shape index (κ1) is 32.9. The van der Waals surface area contributed by atoms with Crippen molar-refractivity contribution in [2.24, 2.45) is 0 Å². The molecule has 1 aliphatic rings. The van der Waals surface area contributed by atoms with Crippen LogP contribution in [0.15, 0.2) is 78.9 Å². The number of ether oxygens (including phenoxy) is 3. The van der Waals surface area contributed by atoms with Crippen molar-refractivity contribution in [1.29, 1.82) is 0 Å². The first-order chi connectivity index (χ1) is 20.9. The number of piperazine rings is 1. The van der Waals surface area contributed by atoms with Crippen molar-refractivity contribution >= 4 is 6.03 Å². The van der Waals surface area contributed by atoms with Crippen LogP contribution in [0.2, 0.25) is 0 Å². The summed E-state index contributed by atoms with van der Waals surface area (Å²) in [6.45, 7) is 3.24. The van der Waals surface area contributed by atoms with E-state index in [-0.39, 0.29) is 24.1 Å². The van der Waals surface area contributed by atoms with Crippen LogP contribution in [0, 0.1) is 0 Å². The third-order valence-corrected chi connectivity index (χ3v) is 7.40. The van der Waals surface area contributed by atoms with E-state index >= 15 is 0 Å². The van der Waals surface area contributed by atoms with Gasteiger partial charge in [0.25, 0.3) is 0 Å². The molecule has 3 aromatic carbocycles. The molecule has 0 aliphatic carbocycles. The summed E-state index contributed by atoms with van der Waals surface area (Å²) in [6, 6.07) is 19.0. The highest BCUT2D eigenvalue weighted by molar-refractivity contribution is 5.74. The Labute approximate surface area is 251 Å². The van der Waals surface area contributed by atoms with Gasteiger partial charge in [-0.25, -0.2) is 4.79 Å². The first-order valence-corrected chi connectivity index (χ1v) is 13.9. The predicted molar refractivity (Wildman–Crippen MR) is 150 cm³/mol. The summed E-state index contributed by atoms with van der Waals surface area (Å²) in [5.74, 6) is -1.01. The third-order valence-electron chi connectivity index (χ3n) is 7.40. The van der Waals surface area contributed by atoms with E-state index in [2.05, 4.69) is 19.7 Å². The van der Waals surface area contributed by atoms with E-state index in [1.54, 1.807) is 54.5 Å². The fourth-order valence-corrected chi connectivity index (χ4v) is 5.30.